The van der Waals surface area contributed by atoms with Gasteiger partial charge in [-0.1, -0.05) is 26.0 Å². The third-order valence-corrected chi connectivity index (χ3v) is 3.48. The molecule has 0 radical (unpaired) electrons. The number of hydrogen-bond donors (Lipinski definition) is 0. The summed E-state index contributed by atoms with van der Waals surface area (Å²) < 4.78 is 0. The fourth-order valence-corrected chi connectivity index (χ4v) is 2.61. The van der Waals surface area contributed by atoms with Crippen LogP contribution in [-0.4, -0.2) is 11.9 Å². The van der Waals surface area contributed by atoms with Gasteiger partial charge in [-0.3, -0.25) is 0 Å². The molecule has 2 aliphatic rings. The number of rotatable bonds is 0. The molecule has 0 spiro atoms. The van der Waals surface area contributed by atoms with Gasteiger partial charge in [0.05, 0.1) is 0 Å². The second-order valence-corrected chi connectivity index (χ2v) is 4.04. The molecule has 1 aliphatic carbocycles. The summed E-state index contributed by atoms with van der Waals surface area (Å²) in [6, 6.07) is 0. The van der Waals surface area contributed by atoms with Crippen LogP contribution >= 0.6 is 0 Å². The number of allylic oxidation sites excluding steroid dienone is 2. The maximum atomic E-state index is 4.14. The Kier molecular flexibility index (Phi) is 1.75. The minimum absolute atomic E-state index is 0.719. The van der Waals surface area contributed by atoms with Crippen LogP contribution in [0, 0.1) is 11.8 Å². The molecule has 1 saturated heterocycles. The summed E-state index contributed by atoms with van der Waals surface area (Å²) in [5.41, 5.74) is 2.59. The lowest BCUT2D eigenvalue weighted by Gasteiger charge is -2.23. The Bertz CT molecular complexity index is 205. The first-order valence-corrected chi connectivity index (χ1v) is 4.83. The molecule has 1 saturated carbocycles. The molecule has 1 heteroatoms. The number of fused-ring (bicyclic) bond motifs is 1. The molecule has 2 rings (SSSR count). The number of nitrogens with zero attached hydrogens (tertiary/aromatic N) is 1. The van der Waals surface area contributed by atoms with Crippen LogP contribution in [-0.2, 0) is 0 Å². The van der Waals surface area contributed by atoms with Crippen LogP contribution in [0.15, 0.2) is 24.6 Å². The van der Waals surface area contributed by atoms with E-state index in [1.54, 1.807) is 0 Å². The highest BCUT2D eigenvalue weighted by molar-refractivity contribution is 5.23. The van der Waals surface area contributed by atoms with Gasteiger partial charge in [0, 0.05) is 30.3 Å². The predicted molar refractivity (Wildman–Crippen MR) is 51.5 cm³/mol. The SMILES string of the molecule is C=C1C2CCCCC2C(=C)N1C. The molecule has 1 aliphatic heterocycles. The van der Waals surface area contributed by atoms with Gasteiger partial charge in [0.15, 0.2) is 0 Å². The van der Waals surface area contributed by atoms with E-state index >= 15 is 0 Å². The van der Waals surface area contributed by atoms with Gasteiger partial charge < -0.3 is 4.90 Å². The zero-order chi connectivity index (χ0) is 8.72. The van der Waals surface area contributed by atoms with E-state index in [4.69, 9.17) is 0 Å². The van der Waals surface area contributed by atoms with E-state index in [1.165, 1.54) is 37.1 Å². The smallest absolute Gasteiger partial charge is 0.0139 e. The Morgan fingerprint density at radius 1 is 1.08 bits per heavy atom. The van der Waals surface area contributed by atoms with E-state index in [-0.39, 0.29) is 0 Å². The average molecular weight is 163 g/mol. The number of likely N-dealkylation sites (tertiary alicyclic amines) is 1. The van der Waals surface area contributed by atoms with Gasteiger partial charge in [-0.15, -0.1) is 0 Å². The highest BCUT2D eigenvalue weighted by Crippen LogP contribution is 2.46. The minimum Gasteiger partial charge on any atom is -0.352 e. The van der Waals surface area contributed by atoms with Gasteiger partial charge in [0.1, 0.15) is 0 Å². The molecule has 0 N–H and O–H groups in total. The summed E-state index contributed by atoms with van der Waals surface area (Å²) in [7, 11) is 2.10. The quantitative estimate of drug-likeness (QED) is 0.530. The molecule has 0 bridgehead atoms. The maximum Gasteiger partial charge on any atom is 0.0139 e. The summed E-state index contributed by atoms with van der Waals surface area (Å²) in [4.78, 5) is 2.20. The highest BCUT2D eigenvalue weighted by Gasteiger charge is 2.38. The molecule has 0 aromatic heterocycles. The zero-order valence-corrected chi connectivity index (χ0v) is 7.84. The molecule has 12 heavy (non-hydrogen) atoms. The molecule has 2 fully saturated rings. The lowest BCUT2D eigenvalue weighted by Crippen LogP contribution is -2.14. The van der Waals surface area contributed by atoms with Crippen LogP contribution in [0.2, 0.25) is 0 Å². The maximum absolute atomic E-state index is 4.14. The molecule has 2 unspecified atom stereocenters. The average Bonchev–Trinajstić information content (AvgIpc) is 2.33. The lowest BCUT2D eigenvalue weighted by atomic mass is 9.79. The Morgan fingerprint density at radius 3 is 1.92 bits per heavy atom. The topological polar surface area (TPSA) is 3.24 Å². The normalized spacial score (nSPS) is 35.6. The Hall–Kier alpha value is -0.720. The molecule has 66 valence electrons. The van der Waals surface area contributed by atoms with E-state index in [0.29, 0.717) is 0 Å². The third kappa shape index (κ3) is 0.921. The molecule has 0 aromatic carbocycles. The molecule has 1 nitrogen and oxygen atoms in total. The Labute approximate surface area is 74.8 Å². The van der Waals surface area contributed by atoms with Gasteiger partial charge in [-0.2, -0.15) is 0 Å². The van der Waals surface area contributed by atoms with Crippen molar-refractivity contribution in [2.45, 2.75) is 25.7 Å². The first-order valence-electron chi connectivity index (χ1n) is 4.83. The van der Waals surface area contributed by atoms with Crippen molar-refractivity contribution in [1.29, 1.82) is 0 Å². The standard InChI is InChI=1S/C11H17N/c1-8-10-6-4-5-7-11(10)9(2)12(8)3/h10-11H,1-2,4-7H2,3H3. The van der Waals surface area contributed by atoms with Crippen LogP contribution < -0.4 is 0 Å². The van der Waals surface area contributed by atoms with Crippen molar-refractivity contribution in [3.8, 4) is 0 Å². The van der Waals surface area contributed by atoms with Crippen LogP contribution in [0.5, 0.6) is 0 Å². The van der Waals surface area contributed by atoms with Crippen molar-refractivity contribution in [2.24, 2.45) is 11.8 Å². The second kappa shape index (κ2) is 2.65. The Balaban J connectivity index is 2.25. The first-order chi connectivity index (χ1) is 5.72. The van der Waals surface area contributed by atoms with E-state index in [0.717, 1.165) is 11.8 Å². The fourth-order valence-electron chi connectivity index (χ4n) is 2.61. The molecule has 1 heterocycles. The summed E-state index contributed by atoms with van der Waals surface area (Å²) >= 11 is 0. The van der Waals surface area contributed by atoms with Crippen LogP contribution in [0.25, 0.3) is 0 Å². The lowest BCUT2D eigenvalue weighted by molar-refractivity contribution is 0.338. The van der Waals surface area contributed by atoms with Crippen molar-refractivity contribution in [3.05, 3.63) is 24.6 Å². The summed E-state index contributed by atoms with van der Waals surface area (Å²) in [6.45, 7) is 8.27. The molecule has 0 aromatic rings. The van der Waals surface area contributed by atoms with E-state index < -0.39 is 0 Å². The Morgan fingerprint density at radius 2 is 1.50 bits per heavy atom. The molecular formula is C11H17N. The minimum atomic E-state index is 0.719. The van der Waals surface area contributed by atoms with Gasteiger partial charge in [-0.25, -0.2) is 0 Å². The predicted octanol–water partition coefficient (Wildman–Crippen LogP) is 2.77. The largest absolute Gasteiger partial charge is 0.352 e. The van der Waals surface area contributed by atoms with Crippen LogP contribution in [0.4, 0.5) is 0 Å². The second-order valence-electron chi connectivity index (χ2n) is 4.04. The van der Waals surface area contributed by atoms with Gasteiger partial charge in [0.2, 0.25) is 0 Å². The summed E-state index contributed by atoms with van der Waals surface area (Å²) in [6.07, 6.45) is 5.41. The summed E-state index contributed by atoms with van der Waals surface area (Å²) in [5.74, 6) is 1.44. The monoisotopic (exact) mass is 163 g/mol. The van der Waals surface area contributed by atoms with E-state index in [9.17, 15) is 0 Å². The van der Waals surface area contributed by atoms with E-state index in [2.05, 4.69) is 25.1 Å². The van der Waals surface area contributed by atoms with Gasteiger partial charge >= 0.3 is 0 Å². The zero-order valence-electron chi connectivity index (χ0n) is 7.84. The first kappa shape index (κ1) is 7.90. The number of hydrogen-bond acceptors (Lipinski definition) is 1. The van der Waals surface area contributed by atoms with Crippen molar-refractivity contribution in [2.75, 3.05) is 7.05 Å². The van der Waals surface area contributed by atoms with Crippen LogP contribution in [0.3, 0.4) is 0 Å². The molecular weight excluding hydrogens is 146 g/mol. The van der Waals surface area contributed by atoms with Crippen molar-refractivity contribution in [1.82, 2.24) is 4.90 Å². The summed E-state index contributed by atoms with van der Waals surface area (Å²) in [5, 5.41) is 0. The van der Waals surface area contributed by atoms with Gasteiger partial charge in [0.25, 0.3) is 0 Å². The van der Waals surface area contributed by atoms with Crippen LogP contribution in [0.1, 0.15) is 25.7 Å². The van der Waals surface area contributed by atoms with Crippen molar-refractivity contribution in [3.63, 3.8) is 0 Å². The van der Waals surface area contributed by atoms with E-state index in [1.807, 2.05) is 0 Å². The molecule has 0 amide bonds. The van der Waals surface area contributed by atoms with Crippen molar-refractivity contribution < 1.29 is 0 Å². The molecule has 2 atom stereocenters. The highest BCUT2D eigenvalue weighted by atomic mass is 15.2. The fraction of sp³-hybridized carbons (Fsp3) is 0.636. The van der Waals surface area contributed by atoms with Crippen molar-refractivity contribution >= 4 is 0 Å². The third-order valence-electron chi connectivity index (χ3n) is 3.48. The van der Waals surface area contributed by atoms with Gasteiger partial charge in [-0.05, 0) is 12.8 Å².